The summed E-state index contributed by atoms with van der Waals surface area (Å²) in [5, 5.41) is 6.58. The summed E-state index contributed by atoms with van der Waals surface area (Å²) in [6.07, 6.45) is 4.72. The van der Waals surface area contributed by atoms with Crippen LogP contribution >= 0.6 is 0 Å². The summed E-state index contributed by atoms with van der Waals surface area (Å²) in [5.41, 5.74) is 0.378. The average Bonchev–Trinajstić information content (AvgIpc) is 3.34. The molecular formula is C20H13F3N4O. The molecule has 4 rings (SSSR count). The minimum absolute atomic E-state index is 0.129. The highest BCUT2D eigenvalue weighted by molar-refractivity contribution is 6.06. The van der Waals surface area contributed by atoms with Crippen LogP contribution in [-0.4, -0.2) is 20.3 Å². The first-order chi connectivity index (χ1) is 13.5. The number of nitrogens with zero attached hydrogens (tertiary/aromatic N) is 3. The maximum absolute atomic E-state index is 13.9. The van der Waals surface area contributed by atoms with Crippen molar-refractivity contribution in [2.45, 2.75) is 0 Å². The zero-order valence-electron chi connectivity index (χ0n) is 14.3. The van der Waals surface area contributed by atoms with Crippen molar-refractivity contribution in [2.75, 3.05) is 5.32 Å². The lowest BCUT2D eigenvalue weighted by Crippen LogP contribution is -2.16. The molecule has 1 N–H and O–H groups in total. The molecule has 0 radical (unpaired) electrons. The Bertz CT molecular complexity index is 1130. The van der Waals surface area contributed by atoms with Gasteiger partial charge < -0.3 is 9.88 Å². The van der Waals surface area contributed by atoms with E-state index >= 15 is 0 Å². The minimum atomic E-state index is -0.761. The fourth-order valence-electron chi connectivity index (χ4n) is 2.78. The quantitative estimate of drug-likeness (QED) is 0.571. The van der Waals surface area contributed by atoms with Gasteiger partial charge in [0, 0.05) is 18.5 Å². The Morgan fingerprint density at radius 1 is 0.929 bits per heavy atom. The van der Waals surface area contributed by atoms with E-state index in [-0.39, 0.29) is 11.3 Å². The molecular weight excluding hydrogens is 369 g/mol. The fraction of sp³-hybridized carbons (Fsp3) is 0. The highest BCUT2D eigenvalue weighted by Gasteiger charge is 2.21. The van der Waals surface area contributed by atoms with Crippen LogP contribution in [0.2, 0.25) is 0 Å². The number of nitrogens with one attached hydrogen (secondary N) is 1. The smallest absolute Gasteiger partial charge is 0.261 e. The van der Waals surface area contributed by atoms with Crippen LogP contribution in [0.1, 0.15) is 10.4 Å². The summed E-state index contributed by atoms with van der Waals surface area (Å²) >= 11 is 0. The number of hydrogen-bond donors (Lipinski definition) is 1. The Morgan fingerprint density at radius 2 is 1.61 bits per heavy atom. The van der Waals surface area contributed by atoms with Crippen LogP contribution < -0.4 is 5.32 Å². The predicted molar refractivity (Wildman–Crippen MR) is 97.2 cm³/mol. The Balaban J connectivity index is 1.78. The maximum Gasteiger partial charge on any atom is 0.261 e. The Kier molecular flexibility index (Phi) is 4.44. The topological polar surface area (TPSA) is 51.9 Å². The van der Waals surface area contributed by atoms with Crippen molar-refractivity contribution in [2.24, 2.45) is 0 Å². The highest BCUT2D eigenvalue weighted by Crippen LogP contribution is 2.22. The Labute approximate surface area is 157 Å². The van der Waals surface area contributed by atoms with E-state index in [1.165, 1.54) is 35.1 Å². The lowest BCUT2D eigenvalue weighted by Gasteiger charge is -2.11. The molecule has 0 aliphatic heterocycles. The summed E-state index contributed by atoms with van der Waals surface area (Å²) in [5.74, 6) is -2.14. The van der Waals surface area contributed by atoms with Gasteiger partial charge in [-0.15, -0.1) is 0 Å². The molecule has 0 aliphatic rings. The molecule has 5 nitrogen and oxygen atoms in total. The SMILES string of the molecule is O=C(Nc1cc(F)ccc1F)c1cnn(-c2ccc(F)cc2)c1-n1cccc1. The molecule has 140 valence electrons. The number of amides is 1. The second kappa shape index (κ2) is 7.07. The van der Waals surface area contributed by atoms with Crippen LogP contribution in [0.4, 0.5) is 18.9 Å². The van der Waals surface area contributed by atoms with Crippen molar-refractivity contribution in [1.29, 1.82) is 0 Å². The van der Waals surface area contributed by atoms with Crippen molar-refractivity contribution in [3.63, 3.8) is 0 Å². The standard InChI is InChI=1S/C20H13F3N4O/c21-13-3-6-15(7-4-13)27-20(26-9-1-2-10-26)16(12-24-27)19(28)25-18-11-14(22)5-8-17(18)23/h1-12H,(H,25,28). The molecule has 2 aromatic heterocycles. The van der Waals surface area contributed by atoms with E-state index in [1.54, 1.807) is 29.1 Å². The van der Waals surface area contributed by atoms with E-state index < -0.39 is 23.4 Å². The Morgan fingerprint density at radius 3 is 2.32 bits per heavy atom. The molecule has 1 amide bonds. The summed E-state index contributed by atoms with van der Waals surface area (Å²) in [6, 6.07) is 11.9. The molecule has 0 saturated heterocycles. The minimum Gasteiger partial charge on any atom is -0.319 e. The third kappa shape index (κ3) is 3.27. The van der Waals surface area contributed by atoms with Crippen molar-refractivity contribution >= 4 is 11.6 Å². The zero-order chi connectivity index (χ0) is 19.7. The van der Waals surface area contributed by atoms with Gasteiger partial charge in [0.1, 0.15) is 23.0 Å². The van der Waals surface area contributed by atoms with Gasteiger partial charge in [-0.2, -0.15) is 5.10 Å². The van der Waals surface area contributed by atoms with E-state index in [4.69, 9.17) is 0 Å². The van der Waals surface area contributed by atoms with Gasteiger partial charge in [0.2, 0.25) is 0 Å². The van der Waals surface area contributed by atoms with Gasteiger partial charge in [-0.25, -0.2) is 17.9 Å². The second-order valence-electron chi connectivity index (χ2n) is 5.94. The molecule has 0 spiro atoms. The van der Waals surface area contributed by atoms with Crippen LogP contribution in [0.25, 0.3) is 11.5 Å². The number of anilines is 1. The first-order valence-electron chi connectivity index (χ1n) is 8.26. The summed E-state index contributed by atoms with van der Waals surface area (Å²) in [7, 11) is 0. The maximum atomic E-state index is 13.9. The molecule has 8 heteroatoms. The first kappa shape index (κ1) is 17.6. The lowest BCUT2D eigenvalue weighted by atomic mass is 10.2. The van der Waals surface area contributed by atoms with Gasteiger partial charge in [0.15, 0.2) is 5.82 Å². The van der Waals surface area contributed by atoms with E-state index in [0.717, 1.165) is 18.2 Å². The monoisotopic (exact) mass is 382 g/mol. The second-order valence-corrected chi connectivity index (χ2v) is 5.94. The molecule has 28 heavy (non-hydrogen) atoms. The lowest BCUT2D eigenvalue weighted by molar-refractivity contribution is 0.102. The molecule has 2 heterocycles. The average molecular weight is 382 g/mol. The number of benzene rings is 2. The molecule has 0 unspecified atom stereocenters. The molecule has 0 saturated carbocycles. The van der Waals surface area contributed by atoms with Gasteiger partial charge in [-0.05, 0) is 48.5 Å². The first-order valence-corrected chi connectivity index (χ1v) is 8.26. The highest BCUT2D eigenvalue weighted by atomic mass is 19.1. The van der Waals surface area contributed by atoms with Gasteiger partial charge in [0.05, 0.1) is 17.6 Å². The van der Waals surface area contributed by atoms with Gasteiger partial charge in [-0.1, -0.05) is 0 Å². The van der Waals surface area contributed by atoms with Crippen molar-refractivity contribution in [3.05, 3.63) is 96.2 Å². The number of rotatable bonds is 4. The van der Waals surface area contributed by atoms with E-state index in [0.29, 0.717) is 11.5 Å². The number of carbonyl (C=O) groups excluding carboxylic acids is 1. The molecule has 2 aromatic carbocycles. The third-order valence-electron chi connectivity index (χ3n) is 4.09. The number of halogens is 3. The number of carbonyl (C=O) groups is 1. The zero-order valence-corrected chi connectivity index (χ0v) is 14.3. The van der Waals surface area contributed by atoms with Gasteiger partial charge in [0.25, 0.3) is 5.91 Å². The van der Waals surface area contributed by atoms with E-state index in [2.05, 4.69) is 10.4 Å². The van der Waals surface area contributed by atoms with Crippen LogP contribution in [0.15, 0.2) is 73.2 Å². The molecule has 0 atom stereocenters. The van der Waals surface area contributed by atoms with Gasteiger partial charge in [-0.3, -0.25) is 4.79 Å². The summed E-state index contributed by atoms with van der Waals surface area (Å²) in [6.45, 7) is 0. The van der Waals surface area contributed by atoms with E-state index in [1.807, 2.05) is 0 Å². The third-order valence-corrected chi connectivity index (χ3v) is 4.09. The molecule has 0 bridgehead atoms. The predicted octanol–water partition coefficient (Wildman–Crippen LogP) is 4.33. The molecule has 0 aliphatic carbocycles. The number of hydrogen-bond acceptors (Lipinski definition) is 2. The van der Waals surface area contributed by atoms with E-state index in [9.17, 15) is 18.0 Å². The summed E-state index contributed by atoms with van der Waals surface area (Å²) in [4.78, 5) is 12.8. The fourth-order valence-corrected chi connectivity index (χ4v) is 2.78. The van der Waals surface area contributed by atoms with Crippen molar-refractivity contribution in [1.82, 2.24) is 14.3 Å². The largest absolute Gasteiger partial charge is 0.319 e. The van der Waals surface area contributed by atoms with Gasteiger partial charge >= 0.3 is 0 Å². The normalized spacial score (nSPS) is 10.8. The van der Waals surface area contributed by atoms with Crippen molar-refractivity contribution in [3.8, 4) is 11.5 Å². The summed E-state index contributed by atoms with van der Waals surface area (Å²) < 4.78 is 43.6. The molecule has 4 aromatic rings. The molecule has 0 fully saturated rings. The van der Waals surface area contributed by atoms with Crippen LogP contribution in [0.3, 0.4) is 0 Å². The number of aromatic nitrogens is 3. The Hall–Kier alpha value is -3.81. The van der Waals surface area contributed by atoms with Crippen LogP contribution in [0, 0.1) is 17.5 Å². The van der Waals surface area contributed by atoms with Crippen molar-refractivity contribution < 1.29 is 18.0 Å². The van der Waals surface area contributed by atoms with Crippen LogP contribution in [-0.2, 0) is 0 Å². The van der Waals surface area contributed by atoms with Crippen LogP contribution in [0.5, 0.6) is 0 Å².